The maximum Gasteiger partial charge on any atom is 0.408 e. The number of ether oxygens (including phenoxy) is 1. The Labute approximate surface area is 254 Å². The molecule has 0 radical (unpaired) electrons. The van der Waals surface area contributed by atoms with Crippen LogP contribution in [0.3, 0.4) is 0 Å². The van der Waals surface area contributed by atoms with Gasteiger partial charge in [-0.2, -0.15) is 5.10 Å². The second kappa shape index (κ2) is 12.2. The van der Waals surface area contributed by atoms with Crippen LogP contribution >= 0.6 is 11.3 Å². The van der Waals surface area contributed by atoms with Gasteiger partial charge < -0.3 is 20.5 Å². The summed E-state index contributed by atoms with van der Waals surface area (Å²) in [4.78, 5) is 34.9. The maximum absolute atomic E-state index is 13.7. The van der Waals surface area contributed by atoms with Crippen molar-refractivity contribution in [1.29, 1.82) is 0 Å². The summed E-state index contributed by atoms with van der Waals surface area (Å²) in [6.07, 6.45) is -0.396. The molecule has 3 heterocycles. The van der Waals surface area contributed by atoms with E-state index < -0.39 is 34.6 Å². The van der Waals surface area contributed by atoms with E-state index >= 15 is 0 Å². The lowest BCUT2D eigenvalue weighted by molar-refractivity contribution is 0.0272. The van der Waals surface area contributed by atoms with Crippen LogP contribution in [0.15, 0.2) is 53.4 Å². The number of nitrogens with one attached hydrogen (secondary N) is 2. The first kappa shape index (κ1) is 31.8. The highest BCUT2D eigenvalue weighted by atomic mass is 32.1. The number of hydrogen-bond donors (Lipinski definition) is 3. The Morgan fingerprint density at radius 2 is 1.74 bits per heavy atom. The van der Waals surface area contributed by atoms with Crippen LogP contribution in [-0.2, 0) is 22.9 Å². The van der Waals surface area contributed by atoms with Gasteiger partial charge >= 0.3 is 6.09 Å². The van der Waals surface area contributed by atoms with Gasteiger partial charge in [0, 0.05) is 18.0 Å². The number of hydrogen-bond acceptors (Lipinski definition) is 8. The number of carbonyl (C=O) groups excluding carboxylic acids is 2. The molecule has 0 saturated heterocycles. The van der Waals surface area contributed by atoms with Crippen molar-refractivity contribution < 1.29 is 23.8 Å². The molecule has 0 spiro atoms. The van der Waals surface area contributed by atoms with Gasteiger partial charge in [0.05, 0.1) is 29.0 Å². The van der Waals surface area contributed by atoms with Gasteiger partial charge in [-0.1, -0.05) is 6.92 Å². The first-order valence-electron chi connectivity index (χ1n) is 13.8. The number of rotatable bonds is 9. The molecule has 0 fully saturated rings. The highest BCUT2D eigenvalue weighted by Crippen LogP contribution is 2.32. The molecule has 12 heteroatoms. The zero-order chi connectivity index (χ0) is 31.6. The molecule has 2 amide bonds. The SMILES string of the molecule is CCC(O)(CNC(=O)c1cc(-c2cscn2)nn1C)c1cc(C(C)(C)NC(=O)OC(C)(C)C)cc(-c2ccc(F)cc2)n1. The number of benzene rings is 1. The number of nitrogens with zero attached hydrogens (tertiary/aromatic N) is 4. The second-order valence-electron chi connectivity index (χ2n) is 11.9. The number of aryl methyl sites for hydroxylation is 1. The molecular weight excluding hydrogens is 571 g/mol. The molecule has 4 rings (SSSR count). The largest absolute Gasteiger partial charge is 0.444 e. The van der Waals surface area contributed by atoms with Gasteiger partial charge in [0.25, 0.3) is 5.91 Å². The number of alkyl carbamates (subject to hydrolysis) is 1. The Morgan fingerprint density at radius 3 is 2.35 bits per heavy atom. The molecule has 3 aromatic heterocycles. The molecule has 0 aliphatic heterocycles. The maximum atomic E-state index is 13.7. The molecule has 4 aromatic rings. The van der Waals surface area contributed by atoms with Gasteiger partial charge in [0.1, 0.15) is 34.1 Å². The minimum Gasteiger partial charge on any atom is -0.444 e. The summed E-state index contributed by atoms with van der Waals surface area (Å²) in [5, 5.41) is 23.8. The van der Waals surface area contributed by atoms with Crippen LogP contribution in [0.1, 0.15) is 69.7 Å². The van der Waals surface area contributed by atoms with E-state index in [0.29, 0.717) is 33.9 Å². The Bertz CT molecular complexity index is 1600. The summed E-state index contributed by atoms with van der Waals surface area (Å²) in [7, 11) is 1.66. The van der Waals surface area contributed by atoms with E-state index in [1.54, 1.807) is 84.4 Å². The summed E-state index contributed by atoms with van der Waals surface area (Å²) in [6.45, 7) is 10.6. The van der Waals surface area contributed by atoms with Crippen LogP contribution in [-0.4, -0.2) is 49.0 Å². The van der Waals surface area contributed by atoms with Crippen LogP contribution in [0.25, 0.3) is 22.6 Å². The van der Waals surface area contributed by atoms with Gasteiger partial charge in [-0.15, -0.1) is 11.3 Å². The van der Waals surface area contributed by atoms with E-state index in [1.807, 2.05) is 5.38 Å². The third-order valence-electron chi connectivity index (χ3n) is 6.91. The van der Waals surface area contributed by atoms with Crippen molar-refractivity contribution in [2.75, 3.05) is 6.54 Å². The first-order valence-corrected chi connectivity index (χ1v) is 14.8. The minimum atomic E-state index is -1.58. The molecule has 10 nitrogen and oxygen atoms in total. The Hall–Kier alpha value is -4.16. The highest BCUT2D eigenvalue weighted by Gasteiger charge is 2.34. The fourth-order valence-electron chi connectivity index (χ4n) is 4.39. The smallest absolute Gasteiger partial charge is 0.408 e. The molecule has 0 aliphatic carbocycles. The van der Waals surface area contributed by atoms with E-state index in [1.165, 1.54) is 28.2 Å². The summed E-state index contributed by atoms with van der Waals surface area (Å²) in [6, 6.07) is 11.0. The monoisotopic (exact) mass is 608 g/mol. The van der Waals surface area contributed by atoms with Gasteiger partial charge in [-0.05, 0) is 89.1 Å². The predicted molar refractivity (Wildman–Crippen MR) is 163 cm³/mol. The van der Waals surface area contributed by atoms with Crippen molar-refractivity contribution in [2.24, 2.45) is 7.05 Å². The van der Waals surface area contributed by atoms with Crippen molar-refractivity contribution in [1.82, 2.24) is 30.4 Å². The average molecular weight is 609 g/mol. The van der Waals surface area contributed by atoms with E-state index in [2.05, 4.69) is 20.7 Å². The molecule has 1 atom stereocenters. The van der Waals surface area contributed by atoms with E-state index in [0.717, 1.165) is 0 Å². The third kappa shape index (κ3) is 7.63. The zero-order valence-electron chi connectivity index (χ0n) is 25.4. The van der Waals surface area contributed by atoms with Crippen molar-refractivity contribution in [3.05, 3.63) is 76.1 Å². The average Bonchev–Trinajstić information content (AvgIpc) is 3.60. The number of amides is 2. The molecule has 3 N–H and O–H groups in total. The number of carbonyl (C=O) groups is 2. The van der Waals surface area contributed by atoms with E-state index in [4.69, 9.17) is 9.72 Å². The second-order valence-corrected chi connectivity index (χ2v) is 12.6. The van der Waals surface area contributed by atoms with Gasteiger partial charge in [0.15, 0.2) is 0 Å². The topological polar surface area (TPSA) is 131 Å². The predicted octanol–water partition coefficient (Wildman–Crippen LogP) is 5.53. The summed E-state index contributed by atoms with van der Waals surface area (Å²) in [5.74, 6) is -0.821. The fourth-order valence-corrected chi connectivity index (χ4v) is 4.93. The van der Waals surface area contributed by atoms with Crippen LogP contribution in [0.5, 0.6) is 0 Å². The van der Waals surface area contributed by atoms with Crippen LogP contribution < -0.4 is 10.6 Å². The first-order chi connectivity index (χ1) is 20.1. The van der Waals surface area contributed by atoms with Crippen molar-refractivity contribution in [2.45, 2.75) is 64.7 Å². The lowest BCUT2D eigenvalue weighted by Gasteiger charge is -2.32. The number of halogens is 1. The molecule has 0 aliphatic rings. The van der Waals surface area contributed by atoms with E-state index in [-0.39, 0.29) is 18.7 Å². The number of aliphatic hydroxyl groups is 1. The van der Waals surface area contributed by atoms with Gasteiger partial charge in [0.2, 0.25) is 0 Å². The highest BCUT2D eigenvalue weighted by molar-refractivity contribution is 7.07. The van der Waals surface area contributed by atoms with E-state index in [9.17, 15) is 19.1 Å². The Kier molecular flexibility index (Phi) is 9.02. The lowest BCUT2D eigenvalue weighted by atomic mass is 9.88. The van der Waals surface area contributed by atoms with Crippen molar-refractivity contribution in [3.63, 3.8) is 0 Å². The molecular formula is C31H37FN6O4S. The van der Waals surface area contributed by atoms with Gasteiger partial charge in [-0.25, -0.2) is 19.2 Å². The molecule has 1 unspecified atom stereocenters. The number of thiazole rings is 1. The molecule has 43 heavy (non-hydrogen) atoms. The summed E-state index contributed by atoms with van der Waals surface area (Å²) < 4.78 is 20.7. The Morgan fingerprint density at radius 1 is 1.05 bits per heavy atom. The van der Waals surface area contributed by atoms with Crippen LogP contribution in [0.2, 0.25) is 0 Å². The standard InChI is InChI=1S/C31H37FN6O4S/c1-8-31(41,17-33-27(39)25-15-23(37-38(25)7)24-16-43-18-34-24)26-14-20(30(5,6)36-28(40)42-29(2,3)4)13-22(35-26)19-9-11-21(32)12-10-19/h9-16,18,41H,8,17H2,1-7H3,(H,33,39)(H,36,40). The lowest BCUT2D eigenvalue weighted by Crippen LogP contribution is -2.45. The molecule has 0 saturated carbocycles. The van der Waals surface area contributed by atoms with Gasteiger partial charge in [-0.3, -0.25) is 9.48 Å². The number of pyridine rings is 1. The Balaban J connectivity index is 1.67. The quantitative estimate of drug-likeness (QED) is 0.228. The van der Waals surface area contributed by atoms with Crippen molar-refractivity contribution >= 4 is 23.3 Å². The summed E-state index contributed by atoms with van der Waals surface area (Å²) >= 11 is 1.43. The minimum absolute atomic E-state index is 0.154. The normalized spacial score (nSPS) is 13.3. The van der Waals surface area contributed by atoms with Crippen LogP contribution in [0, 0.1) is 5.82 Å². The zero-order valence-corrected chi connectivity index (χ0v) is 26.2. The third-order valence-corrected chi connectivity index (χ3v) is 7.50. The summed E-state index contributed by atoms with van der Waals surface area (Å²) in [5.41, 5.74) is 1.98. The fraction of sp³-hybridized carbons (Fsp3) is 0.387. The molecule has 0 bridgehead atoms. The molecule has 228 valence electrons. The van der Waals surface area contributed by atoms with Crippen molar-refractivity contribution in [3.8, 4) is 22.6 Å². The number of aromatic nitrogens is 4. The molecule has 1 aromatic carbocycles. The van der Waals surface area contributed by atoms with Crippen LogP contribution in [0.4, 0.5) is 9.18 Å².